The van der Waals surface area contributed by atoms with E-state index in [9.17, 15) is 14.0 Å². The van der Waals surface area contributed by atoms with Crippen molar-refractivity contribution in [3.63, 3.8) is 0 Å². The first-order valence-corrected chi connectivity index (χ1v) is 9.62. The van der Waals surface area contributed by atoms with Crippen molar-refractivity contribution in [1.82, 2.24) is 9.55 Å². The first-order chi connectivity index (χ1) is 14.4. The quantitative estimate of drug-likeness (QED) is 0.485. The van der Waals surface area contributed by atoms with Crippen molar-refractivity contribution in [1.29, 1.82) is 0 Å². The molecule has 0 amide bonds. The third-order valence-electron chi connectivity index (χ3n) is 5.00. The van der Waals surface area contributed by atoms with Crippen molar-refractivity contribution < 1.29 is 18.7 Å². The molecule has 0 saturated carbocycles. The lowest BCUT2D eigenvalue weighted by Crippen LogP contribution is -2.16. The number of esters is 1. The van der Waals surface area contributed by atoms with E-state index < -0.39 is 11.8 Å². The van der Waals surface area contributed by atoms with Gasteiger partial charge in [0, 0.05) is 16.7 Å². The molecule has 30 heavy (non-hydrogen) atoms. The smallest absolute Gasteiger partial charge is 0.357 e. The van der Waals surface area contributed by atoms with Gasteiger partial charge in [-0.3, -0.25) is 14.4 Å². The Morgan fingerprint density at radius 3 is 2.63 bits per heavy atom. The molecule has 2 aromatic carbocycles. The Labute approximate surface area is 173 Å². The van der Waals surface area contributed by atoms with E-state index in [1.54, 1.807) is 54.8 Å². The molecule has 6 nitrogen and oxygen atoms in total. The number of carbonyl (C=O) groups excluding carboxylic acids is 2. The van der Waals surface area contributed by atoms with Crippen molar-refractivity contribution in [3.8, 4) is 5.69 Å². The number of carbonyl (C=O) groups is 2. The highest BCUT2D eigenvalue weighted by Crippen LogP contribution is 2.30. The summed E-state index contributed by atoms with van der Waals surface area (Å²) in [5.74, 6) is -0.497. The highest BCUT2D eigenvalue weighted by Gasteiger charge is 2.28. The molecule has 0 radical (unpaired) electrons. The Balaban J connectivity index is 2.02. The average molecular weight is 405 g/mol. The van der Waals surface area contributed by atoms with Crippen LogP contribution in [0.3, 0.4) is 0 Å². The van der Waals surface area contributed by atoms with Gasteiger partial charge in [-0.25, -0.2) is 14.2 Å². The van der Waals surface area contributed by atoms with Gasteiger partial charge < -0.3 is 4.74 Å². The Morgan fingerprint density at radius 1 is 1.17 bits per heavy atom. The summed E-state index contributed by atoms with van der Waals surface area (Å²) in [7, 11) is 0. The van der Waals surface area contributed by atoms with Crippen molar-refractivity contribution in [2.75, 3.05) is 6.61 Å². The van der Waals surface area contributed by atoms with Gasteiger partial charge in [-0.1, -0.05) is 12.1 Å². The summed E-state index contributed by atoms with van der Waals surface area (Å²) in [6, 6.07) is 11.4. The van der Waals surface area contributed by atoms with Gasteiger partial charge in [-0.15, -0.1) is 0 Å². The minimum absolute atomic E-state index is 0.123. The van der Waals surface area contributed by atoms with Gasteiger partial charge in [0.2, 0.25) is 0 Å². The minimum atomic E-state index is -0.496. The number of rotatable bonds is 4. The predicted octanol–water partition coefficient (Wildman–Crippen LogP) is 4.05. The topological polar surface area (TPSA) is 73.5 Å². The molecule has 0 bridgehead atoms. The van der Waals surface area contributed by atoms with Crippen LogP contribution >= 0.6 is 0 Å². The van der Waals surface area contributed by atoms with Crippen LogP contribution in [0.4, 0.5) is 4.39 Å². The maximum Gasteiger partial charge on any atom is 0.357 e. The number of aromatic nitrogens is 2. The fourth-order valence-electron chi connectivity index (χ4n) is 3.65. The first-order valence-electron chi connectivity index (χ1n) is 9.62. The fraction of sp³-hybridized carbons (Fsp3) is 0.217. The van der Waals surface area contributed by atoms with E-state index in [0.717, 1.165) is 0 Å². The molecular weight excluding hydrogens is 385 g/mol. The number of imidazole rings is 1. The molecule has 0 aliphatic carbocycles. The number of nitrogens with zero attached hydrogens (tertiary/aromatic N) is 3. The fourth-order valence-corrected chi connectivity index (χ4v) is 3.65. The lowest BCUT2D eigenvalue weighted by atomic mass is 9.97. The van der Waals surface area contributed by atoms with E-state index in [1.807, 2.05) is 0 Å². The first kappa shape index (κ1) is 19.7. The summed E-state index contributed by atoms with van der Waals surface area (Å²) >= 11 is 0. The summed E-state index contributed by atoms with van der Waals surface area (Å²) in [4.78, 5) is 33.8. The highest BCUT2D eigenvalue weighted by atomic mass is 19.1. The molecule has 7 heteroatoms. The van der Waals surface area contributed by atoms with Crippen molar-refractivity contribution in [2.45, 2.75) is 27.3 Å². The summed E-state index contributed by atoms with van der Waals surface area (Å²) in [6.07, 6.45) is 0. The van der Waals surface area contributed by atoms with Gasteiger partial charge in [-0.2, -0.15) is 0 Å². The van der Waals surface area contributed by atoms with Crippen LogP contribution in [0, 0.1) is 12.7 Å². The van der Waals surface area contributed by atoms with E-state index in [4.69, 9.17) is 4.74 Å². The SMILES string of the molecule is CCOC(=O)c1c(C)nc2n1-c1ccc(C(C)=O)cc1C(c1ccccc1F)=NC2. The van der Waals surface area contributed by atoms with Gasteiger partial charge in [0.05, 0.1) is 30.2 Å². The van der Waals surface area contributed by atoms with E-state index in [2.05, 4.69) is 9.98 Å². The second kappa shape index (κ2) is 7.67. The van der Waals surface area contributed by atoms with E-state index in [1.165, 1.54) is 13.0 Å². The van der Waals surface area contributed by atoms with Crippen molar-refractivity contribution >= 4 is 17.5 Å². The normalized spacial score (nSPS) is 12.5. The number of Topliss-reactive ketones (excluding diaryl/α,β-unsaturated/α-hetero) is 1. The molecule has 0 spiro atoms. The zero-order chi connectivity index (χ0) is 21.4. The van der Waals surface area contributed by atoms with Crippen molar-refractivity contribution in [3.05, 3.63) is 82.2 Å². The van der Waals surface area contributed by atoms with Gasteiger partial charge in [0.1, 0.15) is 11.6 Å². The van der Waals surface area contributed by atoms with Crippen LogP contribution < -0.4 is 0 Å². The molecular formula is C23H20FN3O3. The summed E-state index contributed by atoms with van der Waals surface area (Å²) in [6.45, 7) is 5.31. The van der Waals surface area contributed by atoms with Crippen LogP contribution in [0.5, 0.6) is 0 Å². The zero-order valence-electron chi connectivity index (χ0n) is 16.9. The third kappa shape index (κ3) is 3.22. The van der Waals surface area contributed by atoms with Gasteiger partial charge in [0.25, 0.3) is 0 Å². The molecule has 1 aromatic heterocycles. The van der Waals surface area contributed by atoms with Crippen LogP contribution in [-0.4, -0.2) is 33.6 Å². The number of hydrogen-bond donors (Lipinski definition) is 0. The standard InChI is InChI=1S/C23H20FN3O3/c1-4-30-23(29)22-13(2)26-20-12-25-21(16-7-5-6-8-18(16)24)17-11-15(14(3)28)9-10-19(17)27(20)22/h5-11H,4,12H2,1-3H3. The molecule has 0 unspecified atom stereocenters. The van der Waals surface area contributed by atoms with Crippen LogP contribution in [0.1, 0.15) is 57.3 Å². The summed E-state index contributed by atoms with van der Waals surface area (Å²) < 4.78 is 21.6. The average Bonchev–Trinajstić information content (AvgIpc) is 2.97. The zero-order valence-corrected chi connectivity index (χ0v) is 16.9. The third-order valence-corrected chi connectivity index (χ3v) is 5.00. The van der Waals surface area contributed by atoms with E-state index in [0.29, 0.717) is 45.3 Å². The molecule has 2 heterocycles. The van der Waals surface area contributed by atoms with Gasteiger partial charge in [-0.05, 0) is 51.1 Å². The molecule has 1 aliphatic heterocycles. The largest absolute Gasteiger partial charge is 0.461 e. The Kier molecular flexibility index (Phi) is 5.03. The van der Waals surface area contributed by atoms with Gasteiger partial charge >= 0.3 is 5.97 Å². The molecule has 0 saturated heterocycles. The number of ether oxygens (including phenoxy) is 1. The maximum absolute atomic E-state index is 14.6. The minimum Gasteiger partial charge on any atom is -0.461 e. The van der Waals surface area contributed by atoms with Crippen LogP contribution in [-0.2, 0) is 11.3 Å². The Morgan fingerprint density at radius 2 is 1.93 bits per heavy atom. The van der Waals surface area contributed by atoms with E-state index in [-0.39, 0.29) is 18.9 Å². The summed E-state index contributed by atoms with van der Waals surface area (Å²) in [5.41, 5.74) is 3.16. The molecule has 0 atom stereocenters. The number of benzene rings is 2. The second-order valence-corrected chi connectivity index (χ2v) is 6.95. The number of ketones is 1. The number of fused-ring (bicyclic) bond motifs is 3. The highest BCUT2D eigenvalue weighted by molar-refractivity contribution is 6.16. The molecule has 0 fully saturated rings. The van der Waals surface area contributed by atoms with Crippen LogP contribution in [0.25, 0.3) is 5.69 Å². The number of aliphatic imine (C=N–C) groups is 1. The molecule has 0 N–H and O–H groups in total. The maximum atomic E-state index is 14.6. The second-order valence-electron chi connectivity index (χ2n) is 6.95. The Bertz CT molecular complexity index is 1210. The predicted molar refractivity (Wildman–Crippen MR) is 110 cm³/mol. The van der Waals surface area contributed by atoms with E-state index >= 15 is 0 Å². The van der Waals surface area contributed by atoms with Crippen LogP contribution in [0.15, 0.2) is 47.5 Å². The monoisotopic (exact) mass is 405 g/mol. The Hall–Kier alpha value is -3.61. The molecule has 152 valence electrons. The van der Waals surface area contributed by atoms with Crippen LogP contribution in [0.2, 0.25) is 0 Å². The lowest BCUT2D eigenvalue weighted by Gasteiger charge is -2.15. The number of aryl methyl sites for hydroxylation is 1. The van der Waals surface area contributed by atoms with Crippen molar-refractivity contribution in [2.24, 2.45) is 4.99 Å². The number of hydrogen-bond acceptors (Lipinski definition) is 5. The summed E-state index contributed by atoms with van der Waals surface area (Å²) in [5, 5.41) is 0. The van der Waals surface area contributed by atoms with Gasteiger partial charge in [0.15, 0.2) is 11.5 Å². The molecule has 3 aromatic rings. The lowest BCUT2D eigenvalue weighted by molar-refractivity contribution is 0.0515. The number of halogens is 1. The molecule has 4 rings (SSSR count). The molecule has 1 aliphatic rings.